The van der Waals surface area contributed by atoms with Gasteiger partial charge in [-0.3, -0.25) is 9.59 Å². The van der Waals surface area contributed by atoms with Gasteiger partial charge in [0.25, 0.3) is 0 Å². The van der Waals surface area contributed by atoms with E-state index in [9.17, 15) is 22.8 Å². The average Bonchev–Trinajstić information content (AvgIpc) is 3.27. The molecule has 1 aromatic carbocycles. The van der Waals surface area contributed by atoms with Gasteiger partial charge in [0.1, 0.15) is 5.01 Å². The highest BCUT2D eigenvalue weighted by Crippen LogP contribution is 2.32. The summed E-state index contributed by atoms with van der Waals surface area (Å²) < 4.78 is 43.5. The molecule has 2 amide bonds. The molecule has 172 valence electrons. The van der Waals surface area contributed by atoms with Gasteiger partial charge in [0.15, 0.2) is 0 Å². The Bertz CT molecular complexity index is 947. The van der Waals surface area contributed by atoms with Crippen LogP contribution in [-0.4, -0.2) is 66.0 Å². The minimum atomic E-state index is -4.38. The number of hydrogen-bond donors (Lipinski definition) is 0. The number of alkyl halides is 3. The van der Waals surface area contributed by atoms with E-state index in [4.69, 9.17) is 4.74 Å². The van der Waals surface area contributed by atoms with Gasteiger partial charge in [-0.05, 0) is 25.0 Å². The molecule has 2 fully saturated rings. The largest absolute Gasteiger partial charge is 0.416 e. The summed E-state index contributed by atoms with van der Waals surface area (Å²) in [6, 6.07) is 4.85. The average molecular weight is 468 g/mol. The quantitative estimate of drug-likeness (QED) is 0.691. The Labute approximate surface area is 188 Å². The third kappa shape index (κ3) is 5.29. The fraction of sp³-hybridized carbons (Fsp3) is 0.500. The second-order valence-corrected chi connectivity index (χ2v) is 8.85. The van der Waals surface area contributed by atoms with Crippen molar-refractivity contribution in [3.8, 4) is 10.6 Å². The van der Waals surface area contributed by atoms with E-state index in [0.29, 0.717) is 68.5 Å². The number of nitrogens with zero attached hydrogens (tertiary/aromatic N) is 3. The van der Waals surface area contributed by atoms with Crippen LogP contribution in [0.5, 0.6) is 0 Å². The Kier molecular flexibility index (Phi) is 6.80. The number of carbonyl (C=O) groups excluding carboxylic acids is 2. The summed E-state index contributed by atoms with van der Waals surface area (Å²) in [4.78, 5) is 33.4. The van der Waals surface area contributed by atoms with Gasteiger partial charge in [0.2, 0.25) is 11.8 Å². The van der Waals surface area contributed by atoms with E-state index in [1.54, 1.807) is 10.3 Å². The Hall–Kier alpha value is -2.46. The van der Waals surface area contributed by atoms with Gasteiger partial charge in [-0.15, -0.1) is 11.3 Å². The van der Waals surface area contributed by atoms with Crippen LogP contribution in [0.1, 0.15) is 24.1 Å². The van der Waals surface area contributed by atoms with Crippen LogP contribution in [-0.2, 0) is 26.9 Å². The number of likely N-dealkylation sites (tertiary alicyclic amines) is 1. The van der Waals surface area contributed by atoms with Crippen LogP contribution >= 0.6 is 11.3 Å². The summed E-state index contributed by atoms with van der Waals surface area (Å²) in [6.07, 6.45) is -2.94. The predicted octanol–water partition coefficient (Wildman–Crippen LogP) is 3.47. The first kappa shape index (κ1) is 22.7. The summed E-state index contributed by atoms with van der Waals surface area (Å²) in [7, 11) is 0. The molecule has 6 nitrogen and oxygen atoms in total. The van der Waals surface area contributed by atoms with Gasteiger partial charge in [-0.2, -0.15) is 13.2 Å². The first-order valence-electron chi connectivity index (χ1n) is 10.6. The molecule has 0 N–H and O–H groups in total. The van der Waals surface area contributed by atoms with E-state index in [1.807, 2.05) is 4.90 Å². The highest BCUT2D eigenvalue weighted by Gasteiger charge is 2.31. The van der Waals surface area contributed by atoms with Gasteiger partial charge in [-0.25, -0.2) is 4.98 Å². The van der Waals surface area contributed by atoms with Crippen LogP contribution in [0.15, 0.2) is 29.6 Å². The van der Waals surface area contributed by atoms with E-state index in [0.717, 1.165) is 12.1 Å². The lowest BCUT2D eigenvalue weighted by Gasteiger charge is -2.35. The number of benzene rings is 1. The maximum absolute atomic E-state index is 12.7. The molecule has 3 heterocycles. The highest BCUT2D eigenvalue weighted by atomic mass is 32.1. The van der Waals surface area contributed by atoms with Gasteiger partial charge >= 0.3 is 6.18 Å². The van der Waals surface area contributed by atoms with E-state index >= 15 is 0 Å². The molecule has 2 aliphatic rings. The van der Waals surface area contributed by atoms with Crippen molar-refractivity contribution in [1.29, 1.82) is 0 Å². The number of carbonyl (C=O) groups is 2. The van der Waals surface area contributed by atoms with Crippen molar-refractivity contribution in [1.82, 2.24) is 14.8 Å². The molecule has 1 aromatic heterocycles. The lowest BCUT2D eigenvalue weighted by Crippen LogP contribution is -2.47. The van der Waals surface area contributed by atoms with Crippen molar-refractivity contribution in [3.63, 3.8) is 0 Å². The highest BCUT2D eigenvalue weighted by molar-refractivity contribution is 7.13. The molecule has 2 aromatic rings. The summed E-state index contributed by atoms with van der Waals surface area (Å²) in [6.45, 7) is 3.48. The number of hydrogen-bond acceptors (Lipinski definition) is 5. The lowest BCUT2D eigenvalue weighted by atomic mass is 9.95. The van der Waals surface area contributed by atoms with E-state index in [2.05, 4.69) is 4.98 Å². The molecule has 32 heavy (non-hydrogen) atoms. The van der Waals surface area contributed by atoms with Crippen LogP contribution in [0.2, 0.25) is 0 Å². The van der Waals surface area contributed by atoms with Crippen molar-refractivity contribution < 1.29 is 27.5 Å². The molecule has 0 saturated carbocycles. The smallest absolute Gasteiger partial charge is 0.378 e. The third-order valence-corrected chi connectivity index (χ3v) is 6.80. The van der Waals surface area contributed by atoms with Gasteiger partial charge in [0.05, 0.1) is 30.9 Å². The Morgan fingerprint density at radius 3 is 2.31 bits per heavy atom. The van der Waals surface area contributed by atoms with Crippen LogP contribution in [0, 0.1) is 5.92 Å². The molecule has 4 rings (SSSR count). The second kappa shape index (κ2) is 9.58. The number of aromatic nitrogens is 1. The molecule has 0 atom stereocenters. The standard InChI is InChI=1S/C22H24F3N3O3S/c23-22(24,25)17-3-1-15(2-4-17)20-26-18(14-32-20)13-19(29)27-7-5-16(6-8-27)21(30)28-9-11-31-12-10-28/h1-4,14,16H,5-13H2. The van der Waals surface area contributed by atoms with Crippen molar-refractivity contribution >= 4 is 23.2 Å². The molecule has 2 saturated heterocycles. The number of piperidine rings is 1. The monoisotopic (exact) mass is 467 g/mol. The van der Waals surface area contributed by atoms with Crippen molar-refractivity contribution in [2.45, 2.75) is 25.4 Å². The topological polar surface area (TPSA) is 62.7 Å². The van der Waals surface area contributed by atoms with Gasteiger partial charge < -0.3 is 14.5 Å². The minimum absolute atomic E-state index is 0.0495. The predicted molar refractivity (Wildman–Crippen MR) is 113 cm³/mol. The zero-order valence-corrected chi connectivity index (χ0v) is 18.3. The molecule has 2 aliphatic heterocycles. The van der Waals surface area contributed by atoms with Crippen LogP contribution in [0.25, 0.3) is 10.6 Å². The normalized spacial score (nSPS) is 18.1. The second-order valence-electron chi connectivity index (χ2n) is 7.99. The van der Waals surface area contributed by atoms with Crippen molar-refractivity contribution in [2.24, 2.45) is 5.92 Å². The minimum Gasteiger partial charge on any atom is -0.378 e. The summed E-state index contributed by atoms with van der Waals surface area (Å²) >= 11 is 1.30. The van der Waals surface area contributed by atoms with Crippen LogP contribution < -0.4 is 0 Å². The zero-order chi connectivity index (χ0) is 22.7. The number of halogens is 3. The van der Waals surface area contributed by atoms with Crippen molar-refractivity contribution in [3.05, 3.63) is 40.9 Å². The Balaban J connectivity index is 1.29. The maximum Gasteiger partial charge on any atom is 0.416 e. The number of rotatable bonds is 4. The third-order valence-electron chi connectivity index (χ3n) is 5.86. The van der Waals surface area contributed by atoms with Crippen LogP contribution in [0.3, 0.4) is 0 Å². The van der Waals surface area contributed by atoms with Crippen LogP contribution in [0.4, 0.5) is 13.2 Å². The molecule has 10 heteroatoms. The molecule has 0 unspecified atom stereocenters. The number of morpholine rings is 1. The van der Waals surface area contributed by atoms with E-state index < -0.39 is 11.7 Å². The number of thiazole rings is 1. The molecule has 0 spiro atoms. The fourth-order valence-electron chi connectivity index (χ4n) is 4.01. The number of amides is 2. The van der Waals surface area contributed by atoms with E-state index in [1.165, 1.54) is 23.5 Å². The Morgan fingerprint density at radius 2 is 1.69 bits per heavy atom. The lowest BCUT2D eigenvalue weighted by molar-refractivity contribution is -0.143. The molecular formula is C22H24F3N3O3S. The maximum atomic E-state index is 12.7. The zero-order valence-electron chi connectivity index (χ0n) is 17.4. The molecular weight excluding hydrogens is 443 g/mol. The summed E-state index contributed by atoms with van der Waals surface area (Å²) in [5.74, 6) is 0.0512. The van der Waals surface area contributed by atoms with E-state index in [-0.39, 0.29) is 24.2 Å². The summed E-state index contributed by atoms with van der Waals surface area (Å²) in [5, 5.41) is 2.34. The summed E-state index contributed by atoms with van der Waals surface area (Å²) in [5.41, 5.74) is 0.481. The molecule has 0 radical (unpaired) electrons. The molecule has 0 aliphatic carbocycles. The number of ether oxygens (including phenoxy) is 1. The molecule has 0 bridgehead atoms. The first-order chi connectivity index (χ1) is 15.3. The van der Waals surface area contributed by atoms with Gasteiger partial charge in [0, 0.05) is 43.0 Å². The van der Waals surface area contributed by atoms with Crippen molar-refractivity contribution in [2.75, 3.05) is 39.4 Å². The van der Waals surface area contributed by atoms with Gasteiger partial charge in [-0.1, -0.05) is 12.1 Å². The Morgan fingerprint density at radius 1 is 1.03 bits per heavy atom. The fourth-order valence-corrected chi connectivity index (χ4v) is 4.83. The first-order valence-corrected chi connectivity index (χ1v) is 11.5. The SMILES string of the molecule is O=C(Cc1csc(-c2ccc(C(F)(F)F)cc2)n1)N1CCC(C(=O)N2CCOCC2)CC1.